The summed E-state index contributed by atoms with van der Waals surface area (Å²) >= 11 is 0. The number of hydrogen-bond acceptors (Lipinski definition) is 7. The van der Waals surface area contributed by atoms with Crippen molar-refractivity contribution in [1.82, 2.24) is 0 Å². The molecular weight excluding hydrogens is 218 g/mol. The van der Waals surface area contributed by atoms with Crippen LogP contribution in [0.4, 0.5) is 0 Å². The van der Waals surface area contributed by atoms with Crippen LogP contribution in [0.5, 0.6) is 0 Å². The monoisotopic (exact) mass is 235 g/mol. The van der Waals surface area contributed by atoms with Crippen LogP contribution in [0.3, 0.4) is 0 Å². The van der Waals surface area contributed by atoms with Crippen LogP contribution in [-0.2, 0) is 19.1 Å². The highest BCUT2D eigenvalue weighted by molar-refractivity contribution is 5.77. The van der Waals surface area contributed by atoms with Crippen molar-refractivity contribution in [2.45, 2.75) is 18.9 Å². The summed E-state index contributed by atoms with van der Waals surface area (Å²) in [7, 11) is 0. The van der Waals surface area contributed by atoms with Crippen LogP contribution in [0.25, 0.3) is 0 Å². The predicted molar refractivity (Wildman–Crippen MR) is 53.3 cm³/mol. The van der Waals surface area contributed by atoms with Crippen LogP contribution < -0.4 is 5.73 Å². The third-order valence-corrected chi connectivity index (χ3v) is 1.65. The first-order valence-electron chi connectivity index (χ1n) is 4.91. The van der Waals surface area contributed by atoms with Crippen LogP contribution in [0.1, 0.15) is 12.8 Å². The Morgan fingerprint density at radius 2 is 1.69 bits per heavy atom. The molecule has 1 unspecified atom stereocenters. The Morgan fingerprint density at radius 3 is 2.25 bits per heavy atom. The molecule has 0 aliphatic heterocycles. The van der Waals surface area contributed by atoms with E-state index >= 15 is 0 Å². The predicted octanol–water partition coefficient (Wildman–Crippen LogP) is -1.84. The van der Waals surface area contributed by atoms with E-state index in [0.29, 0.717) is 0 Å². The number of esters is 2. The minimum absolute atomic E-state index is 0.0185. The lowest BCUT2D eigenvalue weighted by molar-refractivity contribution is -0.147. The zero-order chi connectivity index (χ0) is 12.4. The van der Waals surface area contributed by atoms with E-state index in [0.717, 1.165) is 0 Å². The van der Waals surface area contributed by atoms with Gasteiger partial charge >= 0.3 is 11.9 Å². The molecule has 0 bridgehead atoms. The van der Waals surface area contributed by atoms with Crippen molar-refractivity contribution in [3.63, 3.8) is 0 Å². The molecule has 0 amide bonds. The standard InChI is InChI=1S/C9H17NO6/c10-7(9(14)16-6-4-12)1-2-8(13)15-5-3-11/h7,11-12H,1-6,10H2. The van der Waals surface area contributed by atoms with Gasteiger partial charge in [0.05, 0.1) is 13.2 Å². The number of carbonyl (C=O) groups excluding carboxylic acids is 2. The molecule has 0 saturated carbocycles. The van der Waals surface area contributed by atoms with Crippen molar-refractivity contribution in [3.05, 3.63) is 0 Å². The topological polar surface area (TPSA) is 119 Å². The molecule has 4 N–H and O–H groups in total. The number of hydrogen-bond donors (Lipinski definition) is 3. The summed E-state index contributed by atoms with van der Waals surface area (Å²) in [6.07, 6.45) is 0.0872. The molecule has 0 saturated heterocycles. The van der Waals surface area contributed by atoms with Gasteiger partial charge in [0, 0.05) is 6.42 Å². The van der Waals surface area contributed by atoms with E-state index in [-0.39, 0.29) is 39.3 Å². The molecule has 0 aliphatic rings. The van der Waals surface area contributed by atoms with Crippen LogP contribution in [0.15, 0.2) is 0 Å². The van der Waals surface area contributed by atoms with Gasteiger partial charge in [-0.3, -0.25) is 9.59 Å². The fourth-order valence-electron chi connectivity index (χ4n) is 0.876. The molecular formula is C9H17NO6. The van der Waals surface area contributed by atoms with Crippen molar-refractivity contribution in [2.75, 3.05) is 26.4 Å². The summed E-state index contributed by atoms with van der Waals surface area (Å²) in [5.41, 5.74) is 5.42. The SMILES string of the molecule is NC(CCC(=O)OCCO)C(=O)OCCO. The first kappa shape index (κ1) is 14.8. The Bertz CT molecular complexity index is 220. The van der Waals surface area contributed by atoms with Crippen LogP contribution in [0, 0.1) is 0 Å². The van der Waals surface area contributed by atoms with E-state index in [4.69, 9.17) is 15.9 Å². The lowest BCUT2D eigenvalue weighted by atomic mass is 10.2. The van der Waals surface area contributed by atoms with Crippen LogP contribution in [0.2, 0.25) is 0 Å². The molecule has 7 nitrogen and oxygen atoms in total. The highest BCUT2D eigenvalue weighted by atomic mass is 16.5. The number of aliphatic hydroxyl groups is 2. The van der Waals surface area contributed by atoms with Gasteiger partial charge in [-0.05, 0) is 6.42 Å². The normalized spacial score (nSPS) is 11.9. The number of aliphatic hydroxyl groups excluding tert-OH is 2. The molecule has 0 spiro atoms. The highest BCUT2D eigenvalue weighted by Crippen LogP contribution is 1.99. The van der Waals surface area contributed by atoms with E-state index < -0.39 is 18.0 Å². The van der Waals surface area contributed by atoms with E-state index in [1.807, 2.05) is 0 Å². The fourth-order valence-corrected chi connectivity index (χ4v) is 0.876. The Kier molecular flexibility index (Phi) is 8.41. The van der Waals surface area contributed by atoms with Gasteiger partial charge in [-0.1, -0.05) is 0 Å². The van der Waals surface area contributed by atoms with Gasteiger partial charge in [0.1, 0.15) is 19.3 Å². The van der Waals surface area contributed by atoms with E-state index in [9.17, 15) is 9.59 Å². The first-order valence-corrected chi connectivity index (χ1v) is 4.91. The minimum atomic E-state index is -0.909. The smallest absolute Gasteiger partial charge is 0.323 e. The molecule has 7 heteroatoms. The molecule has 0 aliphatic carbocycles. The quantitative estimate of drug-likeness (QED) is 0.423. The third kappa shape index (κ3) is 7.16. The largest absolute Gasteiger partial charge is 0.463 e. The van der Waals surface area contributed by atoms with Crippen molar-refractivity contribution in [3.8, 4) is 0 Å². The van der Waals surface area contributed by atoms with Gasteiger partial charge in [0.25, 0.3) is 0 Å². The lowest BCUT2D eigenvalue weighted by Gasteiger charge is -2.10. The van der Waals surface area contributed by atoms with E-state index in [1.165, 1.54) is 0 Å². The Balaban J connectivity index is 3.66. The van der Waals surface area contributed by atoms with Crippen LogP contribution in [-0.4, -0.2) is 54.6 Å². The molecule has 0 aromatic carbocycles. The van der Waals surface area contributed by atoms with Gasteiger partial charge in [-0.25, -0.2) is 0 Å². The fraction of sp³-hybridized carbons (Fsp3) is 0.778. The summed E-state index contributed by atoms with van der Waals surface area (Å²) in [4.78, 5) is 22.0. The molecule has 94 valence electrons. The molecule has 0 fully saturated rings. The Morgan fingerprint density at radius 1 is 1.12 bits per heavy atom. The molecule has 0 aromatic rings. The van der Waals surface area contributed by atoms with Crippen molar-refractivity contribution >= 4 is 11.9 Å². The van der Waals surface area contributed by atoms with Gasteiger partial charge in [0.15, 0.2) is 0 Å². The summed E-state index contributed by atoms with van der Waals surface area (Å²) < 4.78 is 9.13. The summed E-state index contributed by atoms with van der Waals surface area (Å²) in [6, 6.07) is -0.909. The maximum atomic E-state index is 11.1. The first-order chi connectivity index (χ1) is 7.61. The van der Waals surface area contributed by atoms with Gasteiger partial charge < -0.3 is 25.4 Å². The second-order valence-corrected chi connectivity index (χ2v) is 2.98. The number of nitrogens with two attached hydrogens (primary N) is 1. The summed E-state index contributed by atoms with van der Waals surface area (Å²) in [5, 5.41) is 16.8. The minimum Gasteiger partial charge on any atom is -0.463 e. The third-order valence-electron chi connectivity index (χ3n) is 1.65. The Hall–Kier alpha value is -1.18. The maximum Gasteiger partial charge on any atom is 0.323 e. The van der Waals surface area contributed by atoms with Crippen LogP contribution >= 0.6 is 0 Å². The number of carbonyl (C=O) groups is 2. The van der Waals surface area contributed by atoms with Gasteiger partial charge in [-0.15, -0.1) is 0 Å². The molecule has 0 aromatic heterocycles. The van der Waals surface area contributed by atoms with E-state index in [1.54, 1.807) is 0 Å². The molecule has 1 atom stereocenters. The van der Waals surface area contributed by atoms with Crippen molar-refractivity contribution in [2.24, 2.45) is 5.73 Å². The van der Waals surface area contributed by atoms with Crippen molar-refractivity contribution in [1.29, 1.82) is 0 Å². The Labute approximate surface area is 93.1 Å². The average Bonchev–Trinajstić information content (AvgIpc) is 2.30. The lowest BCUT2D eigenvalue weighted by Crippen LogP contribution is -2.33. The molecule has 0 rings (SSSR count). The average molecular weight is 235 g/mol. The maximum absolute atomic E-state index is 11.1. The number of ether oxygens (including phenoxy) is 2. The second-order valence-electron chi connectivity index (χ2n) is 2.98. The molecule has 0 radical (unpaired) electrons. The summed E-state index contributed by atoms with van der Waals surface area (Å²) in [6.45, 7) is -0.683. The van der Waals surface area contributed by atoms with Gasteiger partial charge in [-0.2, -0.15) is 0 Å². The highest BCUT2D eigenvalue weighted by Gasteiger charge is 2.16. The van der Waals surface area contributed by atoms with E-state index in [2.05, 4.69) is 9.47 Å². The van der Waals surface area contributed by atoms with Gasteiger partial charge in [0.2, 0.25) is 0 Å². The summed E-state index contributed by atoms with van der Waals surface area (Å²) in [5.74, 6) is -1.19. The molecule has 0 heterocycles. The number of rotatable bonds is 8. The van der Waals surface area contributed by atoms with Crippen molar-refractivity contribution < 1.29 is 29.3 Å². The second kappa shape index (κ2) is 9.08. The zero-order valence-electron chi connectivity index (χ0n) is 8.92. The molecule has 16 heavy (non-hydrogen) atoms. The zero-order valence-corrected chi connectivity index (χ0v) is 8.92.